The molecule has 0 amide bonds. The van der Waals surface area contributed by atoms with Crippen LogP contribution < -0.4 is 9.64 Å². The van der Waals surface area contributed by atoms with Crippen molar-refractivity contribution < 1.29 is 9.84 Å². The molecule has 1 aliphatic carbocycles. The van der Waals surface area contributed by atoms with Gasteiger partial charge in [-0.25, -0.2) is 15.0 Å². The minimum atomic E-state index is -0.177. The van der Waals surface area contributed by atoms with Gasteiger partial charge >= 0.3 is 0 Å². The topological polar surface area (TPSA) is 71.4 Å². The summed E-state index contributed by atoms with van der Waals surface area (Å²) in [6.07, 6.45) is 4.56. The van der Waals surface area contributed by atoms with Crippen LogP contribution >= 0.6 is 11.6 Å². The molecule has 1 aromatic carbocycles. The molecule has 6 nitrogen and oxygen atoms in total. The van der Waals surface area contributed by atoms with Crippen LogP contribution in [0.3, 0.4) is 0 Å². The Hall–Kier alpha value is -2.70. The number of aromatic nitrogens is 3. The van der Waals surface area contributed by atoms with Gasteiger partial charge in [0.2, 0.25) is 5.88 Å². The predicted molar refractivity (Wildman–Crippen MR) is 125 cm³/mol. The van der Waals surface area contributed by atoms with Gasteiger partial charge < -0.3 is 14.7 Å². The number of halogens is 1. The highest BCUT2D eigenvalue weighted by Gasteiger charge is 2.40. The van der Waals surface area contributed by atoms with Crippen molar-refractivity contribution >= 4 is 17.4 Å². The Bertz CT molecular complexity index is 1130. The molecular formula is C25H27ClN4O2. The lowest BCUT2D eigenvalue weighted by molar-refractivity contribution is 0.231. The van der Waals surface area contributed by atoms with E-state index in [4.69, 9.17) is 26.3 Å². The number of aliphatic hydroxyl groups excluding tert-OH is 1. The van der Waals surface area contributed by atoms with Crippen molar-refractivity contribution in [1.82, 2.24) is 15.0 Å². The van der Waals surface area contributed by atoms with Crippen molar-refractivity contribution in [3.8, 4) is 17.1 Å². The summed E-state index contributed by atoms with van der Waals surface area (Å²) < 4.78 is 5.14. The van der Waals surface area contributed by atoms with E-state index in [1.807, 2.05) is 13.0 Å². The van der Waals surface area contributed by atoms with Crippen LogP contribution in [0.15, 0.2) is 36.4 Å². The van der Waals surface area contributed by atoms with E-state index in [2.05, 4.69) is 34.1 Å². The monoisotopic (exact) mass is 450 g/mol. The second kappa shape index (κ2) is 8.34. The van der Waals surface area contributed by atoms with Crippen LogP contribution in [-0.4, -0.2) is 40.3 Å². The quantitative estimate of drug-likeness (QED) is 0.594. The van der Waals surface area contributed by atoms with E-state index in [1.54, 1.807) is 13.2 Å². The number of hydrogen-bond acceptors (Lipinski definition) is 6. The Labute approximate surface area is 193 Å². The molecule has 1 aliphatic heterocycles. The van der Waals surface area contributed by atoms with Crippen molar-refractivity contribution in [2.24, 2.45) is 5.41 Å². The molecule has 0 saturated carbocycles. The fourth-order valence-corrected chi connectivity index (χ4v) is 5.42. The number of pyridine rings is 1. The van der Waals surface area contributed by atoms with Crippen molar-refractivity contribution in [2.45, 2.75) is 39.2 Å². The lowest BCUT2D eigenvalue weighted by Crippen LogP contribution is -2.41. The molecular weight excluding hydrogens is 424 g/mol. The highest BCUT2D eigenvalue weighted by atomic mass is 35.5. The number of rotatable bonds is 4. The van der Waals surface area contributed by atoms with Crippen molar-refractivity contribution in [1.29, 1.82) is 0 Å². The summed E-state index contributed by atoms with van der Waals surface area (Å²) in [5.74, 6) is 1.22. The van der Waals surface area contributed by atoms with Gasteiger partial charge in [-0.15, -0.1) is 0 Å². The molecule has 0 bridgehead atoms. The molecule has 0 unspecified atom stereocenters. The zero-order valence-electron chi connectivity index (χ0n) is 18.4. The molecule has 1 fully saturated rings. The van der Waals surface area contributed by atoms with Crippen molar-refractivity contribution in [3.63, 3.8) is 0 Å². The number of piperidine rings is 1. The number of fused-ring (bicyclic) bond motifs is 1. The second-order valence-electron chi connectivity index (χ2n) is 8.89. The van der Waals surface area contributed by atoms with Crippen molar-refractivity contribution in [2.75, 3.05) is 25.1 Å². The Balaban J connectivity index is 1.39. The summed E-state index contributed by atoms with van der Waals surface area (Å²) in [4.78, 5) is 16.1. The van der Waals surface area contributed by atoms with Crippen LogP contribution in [0.4, 0.5) is 5.82 Å². The molecule has 3 aromatic rings. The number of ether oxygens (including phenoxy) is 1. The van der Waals surface area contributed by atoms with Gasteiger partial charge in [0, 0.05) is 24.7 Å². The lowest BCUT2D eigenvalue weighted by Gasteiger charge is -2.40. The number of benzene rings is 1. The van der Waals surface area contributed by atoms with Gasteiger partial charge in [0.25, 0.3) is 0 Å². The van der Waals surface area contributed by atoms with Gasteiger partial charge in [-0.2, -0.15) is 0 Å². The number of aliphatic hydroxyl groups is 1. The molecule has 0 radical (unpaired) electrons. The van der Waals surface area contributed by atoms with E-state index >= 15 is 0 Å². The minimum absolute atomic E-state index is 0.177. The van der Waals surface area contributed by atoms with Crippen LogP contribution in [0.25, 0.3) is 11.3 Å². The first-order valence-corrected chi connectivity index (χ1v) is 11.4. The Kier molecular flexibility index (Phi) is 5.51. The fourth-order valence-electron chi connectivity index (χ4n) is 5.18. The molecule has 32 heavy (non-hydrogen) atoms. The number of aryl methyl sites for hydroxylation is 1. The number of nitrogens with zero attached hydrogens (tertiary/aromatic N) is 4. The number of anilines is 1. The number of methoxy groups -OCH3 is 1. The summed E-state index contributed by atoms with van der Waals surface area (Å²) >= 11 is 6.37. The van der Waals surface area contributed by atoms with E-state index in [0.717, 1.165) is 50.3 Å². The lowest BCUT2D eigenvalue weighted by atomic mass is 9.76. The van der Waals surface area contributed by atoms with E-state index < -0.39 is 0 Å². The van der Waals surface area contributed by atoms with E-state index in [9.17, 15) is 5.11 Å². The maximum absolute atomic E-state index is 10.1. The summed E-state index contributed by atoms with van der Waals surface area (Å²) in [5, 5.41) is 10.4. The van der Waals surface area contributed by atoms with Crippen LogP contribution in [0.5, 0.6) is 5.88 Å². The SMILES string of the molecule is COc1ccc(-c2nc(CO)c(N3CCC4(CC3)Cc3ccccc3C4)nc2C)c(Cl)n1. The van der Waals surface area contributed by atoms with Crippen LogP contribution in [0.2, 0.25) is 5.15 Å². The van der Waals surface area contributed by atoms with Crippen LogP contribution in [-0.2, 0) is 19.4 Å². The molecule has 0 atom stereocenters. The highest BCUT2D eigenvalue weighted by Crippen LogP contribution is 2.45. The number of hydrogen-bond donors (Lipinski definition) is 1. The maximum Gasteiger partial charge on any atom is 0.214 e. The summed E-state index contributed by atoms with van der Waals surface area (Å²) in [5.41, 5.74) is 6.01. The molecule has 3 heterocycles. The zero-order chi connectivity index (χ0) is 22.3. The average Bonchev–Trinajstić information content (AvgIpc) is 3.17. The predicted octanol–water partition coefficient (Wildman–Crippen LogP) is 4.39. The first-order valence-electron chi connectivity index (χ1n) is 11.0. The summed E-state index contributed by atoms with van der Waals surface area (Å²) in [7, 11) is 1.55. The van der Waals surface area contributed by atoms with E-state index in [1.165, 1.54) is 11.1 Å². The van der Waals surface area contributed by atoms with Crippen LogP contribution in [0.1, 0.15) is 35.4 Å². The smallest absolute Gasteiger partial charge is 0.214 e. The minimum Gasteiger partial charge on any atom is -0.481 e. The van der Waals surface area contributed by atoms with E-state index in [0.29, 0.717) is 33.4 Å². The third kappa shape index (κ3) is 3.71. The summed E-state index contributed by atoms with van der Waals surface area (Å²) in [6, 6.07) is 12.4. The molecule has 1 saturated heterocycles. The Morgan fingerprint density at radius 2 is 1.72 bits per heavy atom. The normalized spacial score (nSPS) is 16.9. The molecule has 166 valence electrons. The van der Waals surface area contributed by atoms with Crippen LogP contribution in [0, 0.1) is 12.3 Å². The molecule has 5 rings (SSSR count). The van der Waals surface area contributed by atoms with Gasteiger partial charge in [0.15, 0.2) is 5.82 Å². The second-order valence-corrected chi connectivity index (χ2v) is 9.25. The molecule has 2 aliphatic rings. The first kappa shape index (κ1) is 21.2. The first-order chi connectivity index (χ1) is 15.5. The van der Waals surface area contributed by atoms with Gasteiger partial charge in [-0.3, -0.25) is 0 Å². The third-order valence-electron chi connectivity index (χ3n) is 6.93. The fraction of sp³-hybridized carbons (Fsp3) is 0.400. The molecule has 1 spiro atoms. The molecule has 2 aromatic heterocycles. The third-order valence-corrected chi connectivity index (χ3v) is 7.22. The standard InChI is InChI=1S/C25H27ClN4O2/c1-16-22(19-7-8-21(32-2)29-23(19)26)28-20(15-31)24(27-16)30-11-9-25(10-12-30)13-17-5-3-4-6-18(17)14-25/h3-8,31H,9-15H2,1-2H3. The highest BCUT2D eigenvalue weighted by molar-refractivity contribution is 6.32. The largest absolute Gasteiger partial charge is 0.481 e. The Morgan fingerprint density at radius 1 is 1.03 bits per heavy atom. The van der Waals surface area contributed by atoms with Crippen molar-refractivity contribution in [3.05, 3.63) is 64.1 Å². The summed E-state index contributed by atoms with van der Waals surface area (Å²) in [6.45, 7) is 3.58. The van der Waals surface area contributed by atoms with Gasteiger partial charge in [-0.05, 0) is 55.2 Å². The van der Waals surface area contributed by atoms with Gasteiger partial charge in [0.1, 0.15) is 10.8 Å². The Morgan fingerprint density at radius 3 is 2.31 bits per heavy atom. The van der Waals surface area contributed by atoms with Gasteiger partial charge in [-0.1, -0.05) is 35.9 Å². The molecule has 1 N–H and O–H groups in total. The maximum atomic E-state index is 10.1. The van der Waals surface area contributed by atoms with Gasteiger partial charge in [0.05, 0.1) is 25.1 Å². The zero-order valence-corrected chi connectivity index (χ0v) is 19.2. The van der Waals surface area contributed by atoms with E-state index in [-0.39, 0.29) is 6.61 Å². The molecule has 7 heteroatoms. The average molecular weight is 451 g/mol.